The van der Waals surface area contributed by atoms with Crippen LogP contribution in [0.4, 0.5) is 0 Å². The molecule has 2 unspecified atom stereocenters. The third-order valence-corrected chi connectivity index (χ3v) is 3.64. The fourth-order valence-corrected chi connectivity index (χ4v) is 2.48. The zero-order chi connectivity index (χ0) is 12.0. The molecule has 2 aliphatic rings. The molecule has 1 aliphatic carbocycles. The maximum Gasteiger partial charge on any atom is 0.291 e. The van der Waals surface area contributed by atoms with E-state index < -0.39 is 0 Å². The van der Waals surface area contributed by atoms with E-state index in [2.05, 4.69) is 25.8 Å². The molecule has 3 N–H and O–H groups in total. The molecule has 1 aromatic heterocycles. The van der Waals surface area contributed by atoms with Gasteiger partial charge in [-0.15, -0.1) is 5.10 Å². The van der Waals surface area contributed by atoms with Crippen LogP contribution in [0.5, 0.6) is 0 Å². The Morgan fingerprint density at radius 1 is 1.41 bits per heavy atom. The molecule has 17 heavy (non-hydrogen) atoms. The van der Waals surface area contributed by atoms with Crippen LogP contribution in [-0.4, -0.2) is 40.2 Å². The Kier molecular flexibility index (Phi) is 2.39. The summed E-state index contributed by atoms with van der Waals surface area (Å²) in [7, 11) is 0. The molecule has 0 spiro atoms. The first-order chi connectivity index (χ1) is 8.16. The van der Waals surface area contributed by atoms with Gasteiger partial charge in [-0.1, -0.05) is 13.8 Å². The Morgan fingerprint density at radius 2 is 2.12 bits per heavy atom. The van der Waals surface area contributed by atoms with E-state index in [1.54, 1.807) is 0 Å². The van der Waals surface area contributed by atoms with Crippen LogP contribution in [0.2, 0.25) is 0 Å². The number of fused-ring (bicyclic) bond motifs is 1. The molecule has 2 fully saturated rings. The molecule has 6 heteroatoms. The number of H-pyrrole nitrogens is 1. The molecule has 2 atom stereocenters. The number of nitrogens with one attached hydrogen (secondary N) is 3. The van der Waals surface area contributed by atoms with Crippen molar-refractivity contribution < 1.29 is 4.79 Å². The van der Waals surface area contributed by atoms with Crippen LogP contribution in [-0.2, 0) is 0 Å². The van der Waals surface area contributed by atoms with Crippen LogP contribution < -0.4 is 10.6 Å². The lowest BCUT2D eigenvalue weighted by atomic mass is 10.2. The fraction of sp³-hybridized carbons (Fsp3) is 0.727. The molecule has 0 bridgehead atoms. The fourth-order valence-electron chi connectivity index (χ4n) is 2.48. The molecule has 0 aromatic carbocycles. The van der Waals surface area contributed by atoms with E-state index in [9.17, 15) is 4.79 Å². The van der Waals surface area contributed by atoms with Crippen LogP contribution in [0.1, 0.15) is 36.2 Å². The Balaban J connectivity index is 1.62. The standard InChI is InChI=1S/C11H17N5O/c1-5(2)9-14-10(16-15-9)11(17)13-8-6-3-12-4-7(6)8/h5-8,12H,3-4H2,1-2H3,(H,13,17)(H,14,15,16). The number of carbonyl (C=O) groups is 1. The van der Waals surface area contributed by atoms with Crippen molar-refractivity contribution in [3.63, 3.8) is 0 Å². The van der Waals surface area contributed by atoms with Gasteiger partial charge < -0.3 is 10.6 Å². The van der Waals surface area contributed by atoms with Crippen molar-refractivity contribution in [1.82, 2.24) is 25.8 Å². The molecule has 3 rings (SSSR count). The number of rotatable bonds is 3. The number of aromatic nitrogens is 3. The third kappa shape index (κ3) is 1.82. The zero-order valence-corrected chi connectivity index (χ0v) is 10.0. The number of carbonyl (C=O) groups excluding carboxylic acids is 1. The number of amides is 1. The first kappa shape index (κ1) is 10.7. The average molecular weight is 235 g/mol. The van der Waals surface area contributed by atoms with Crippen molar-refractivity contribution in [2.45, 2.75) is 25.8 Å². The van der Waals surface area contributed by atoms with Crippen LogP contribution in [0.3, 0.4) is 0 Å². The summed E-state index contributed by atoms with van der Waals surface area (Å²) < 4.78 is 0. The maximum atomic E-state index is 11.9. The first-order valence-corrected chi connectivity index (χ1v) is 6.10. The van der Waals surface area contributed by atoms with E-state index in [4.69, 9.17) is 0 Å². The highest BCUT2D eigenvalue weighted by molar-refractivity contribution is 5.90. The lowest BCUT2D eigenvalue weighted by Crippen LogP contribution is -2.33. The molecule has 1 saturated heterocycles. The van der Waals surface area contributed by atoms with Gasteiger partial charge in [-0.05, 0) is 11.8 Å². The minimum absolute atomic E-state index is 0.160. The Labute approximate surface area is 99.6 Å². The highest BCUT2D eigenvalue weighted by Gasteiger charge is 2.53. The molecule has 2 heterocycles. The molecular formula is C11H17N5O. The number of piperidine rings is 1. The SMILES string of the molecule is CC(C)c1nc(C(=O)NC2C3CNCC32)n[nH]1. The third-order valence-electron chi connectivity index (χ3n) is 3.64. The van der Waals surface area contributed by atoms with Gasteiger partial charge in [0.2, 0.25) is 5.82 Å². The zero-order valence-electron chi connectivity index (χ0n) is 10.0. The van der Waals surface area contributed by atoms with Crippen molar-refractivity contribution in [3.05, 3.63) is 11.6 Å². The van der Waals surface area contributed by atoms with Crippen molar-refractivity contribution in [3.8, 4) is 0 Å². The topological polar surface area (TPSA) is 82.7 Å². The van der Waals surface area contributed by atoms with Gasteiger partial charge in [0, 0.05) is 25.0 Å². The highest BCUT2D eigenvalue weighted by atomic mass is 16.2. The van der Waals surface area contributed by atoms with Gasteiger partial charge in [0.25, 0.3) is 5.91 Å². The number of aromatic amines is 1. The Morgan fingerprint density at radius 3 is 2.71 bits per heavy atom. The van der Waals surface area contributed by atoms with Gasteiger partial charge in [0.1, 0.15) is 5.82 Å². The van der Waals surface area contributed by atoms with Crippen molar-refractivity contribution >= 4 is 5.91 Å². The summed E-state index contributed by atoms with van der Waals surface area (Å²) in [5.74, 6) is 2.34. The van der Waals surface area contributed by atoms with Gasteiger partial charge in [-0.2, -0.15) is 0 Å². The largest absolute Gasteiger partial charge is 0.346 e. The molecular weight excluding hydrogens is 218 g/mol. The number of nitrogens with zero attached hydrogens (tertiary/aromatic N) is 2. The summed E-state index contributed by atoms with van der Waals surface area (Å²) in [6.07, 6.45) is 0. The maximum absolute atomic E-state index is 11.9. The lowest BCUT2D eigenvalue weighted by Gasteiger charge is -2.04. The van der Waals surface area contributed by atoms with E-state index in [0.29, 0.717) is 17.9 Å². The first-order valence-electron chi connectivity index (χ1n) is 6.10. The molecule has 1 amide bonds. The quantitative estimate of drug-likeness (QED) is 0.682. The summed E-state index contributed by atoms with van der Waals surface area (Å²) in [6, 6.07) is 0.324. The predicted octanol–water partition coefficient (Wildman–Crippen LogP) is -0.124. The van der Waals surface area contributed by atoms with E-state index >= 15 is 0 Å². The molecule has 1 aromatic rings. The second-order valence-corrected chi connectivity index (χ2v) is 5.18. The summed E-state index contributed by atoms with van der Waals surface area (Å²) in [4.78, 5) is 16.1. The normalized spacial score (nSPS) is 30.4. The molecule has 1 saturated carbocycles. The number of hydrogen-bond acceptors (Lipinski definition) is 4. The molecule has 92 valence electrons. The molecule has 6 nitrogen and oxygen atoms in total. The van der Waals surface area contributed by atoms with Crippen LogP contribution in [0.15, 0.2) is 0 Å². The van der Waals surface area contributed by atoms with E-state index in [1.165, 1.54) is 0 Å². The predicted molar refractivity (Wildman–Crippen MR) is 61.6 cm³/mol. The second-order valence-electron chi connectivity index (χ2n) is 5.18. The van der Waals surface area contributed by atoms with Crippen LogP contribution in [0, 0.1) is 11.8 Å². The van der Waals surface area contributed by atoms with Gasteiger partial charge >= 0.3 is 0 Å². The minimum Gasteiger partial charge on any atom is -0.346 e. The molecule has 0 radical (unpaired) electrons. The van der Waals surface area contributed by atoms with E-state index in [0.717, 1.165) is 18.9 Å². The average Bonchev–Trinajstić information content (AvgIpc) is 2.82. The Hall–Kier alpha value is -1.43. The van der Waals surface area contributed by atoms with Gasteiger partial charge in [0.15, 0.2) is 0 Å². The second kappa shape index (κ2) is 3.80. The number of hydrogen-bond donors (Lipinski definition) is 3. The van der Waals surface area contributed by atoms with Crippen LogP contribution in [0.25, 0.3) is 0 Å². The lowest BCUT2D eigenvalue weighted by molar-refractivity contribution is 0.0936. The van der Waals surface area contributed by atoms with Gasteiger partial charge in [-0.3, -0.25) is 9.89 Å². The van der Waals surface area contributed by atoms with Gasteiger partial charge in [0.05, 0.1) is 0 Å². The van der Waals surface area contributed by atoms with Crippen molar-refractivity contribution in [2.24, 2.45) is 11.8 Å². The minimum atomic E-state index is -0.160. The van der Waals surface area contributed by atoms with E-state index in [-0.39, 0.29) is 17.6 Å². The summed E-state index contributed by atoms with van der Waals surface area (Å²) >= 11 is 0. The smallest absolute Gasteiger partial charge is 0.291 e. The summed E-state index contributed by atoms with van der Waals surface area (Å²) in [6.45, 7) is 6.06. The van der Waals surface area contributed by atoms with Crippen molar-refractivity contribution in [1.29, 1.82) is 0 Å². The van der Waals surface area contributed by atoms with Crippen LogP contribution >= 0.6 is 0 Å². The van der Waals surface area contributed by atoms with E-state index in [1.807, 2.05) is 13.8 Å². The Bertz CT molecular complexity index is 431. The summed E-state index contributed by atoms with van der Waals surface area (Å²) in [5.41, 5.74) is 0. The van der Waals surface area contributed by atoms with Gasteiger partial charge in [-0.25, -0.2) is 4.98 Å². The van der Waals surface area contributed by atoms with Crippen molar-refractivity contribution in [2.75, 3.05) is 13.1 Å². The monoisotopic (exact) mass is 235 g/mol. The molecule has 1 aliphatic heterocycles. The summed E-state index contributed by atoms with van der Waals surface area (Å²) in [5, 5.41) is 13.0. The highest BCUT2D eigenvalue weighted by Crippen LogP contribution is 2.41.